The first-order valence-electron chi connectivity index (χ1n) is 4.22. The van der Waals surface area contributed by atoms with E-state index in [1.165, 1.54) is 4.88 Å². The highest BCUT2D eigenvalue weighted by Crippen LogP contribution is 2.33. The van der Waals surface area contributed by atoms with Crippen molar-refractivity contribution in [3.63, 3.8) is 0 Å². The molecule has 1 unspecified atom stereocenters. The lowest BCUT2D eigenvalue weighted by Gasteiger charge is -2.12. The monoisotopic (exact) mass is 215 g/mol. The molecule has 0 saturated carbocycles. The van der Waals surface area contributed by atoms with E-state index in [1.807, 2.05) is 20.0 Å². The molecule has 0 aromatic carbocycles. The van der Waals surface area contributed by atoms with Crippen LogP contribution in [0.4, 0.5) is 0 Å². The summed E-state index contributed by atoms with van der Waals surface area (Å²) in [6.45, 7) is 5.76. The van der Waals surface area contributed by atoms with Crippen LogP contribution in [-0.4, -0.2) is 7.05 Å². The minimum atomic E-state index is 0.309. The van der Waals surface area contributed by atoms with E-state index in [4.69, 9.17) is 11.6 Å². The molecule has 1 aromatic rings. The van der Waals surface area contributed by atoms with Gasteiger partial charge in [-0.05, 0) is 31.3 Å². The molecule has 0 bridgehead atoms. The topological polar surface area (TPSA) is 12.0 Å². The predicted molar refractivity (Wildman–Crippen MR) is 60.7 cm³/mol. The molecule has 0 radical (unpaired) electrons. The second-order valence-corrected chi connectivity index (χ2v) is 4.25. The molecule has 1 atom stereocenters. The minimum absolute atomic E-state index is 0.309. The summed E-state index contributed by atoms with van der Waals surface area (Å²) >= 11 is 7.86. The Morgan fingerprint density at radius 3 is 2.85 bits per heavy atom. The Kier molecular flexibility index (Phi) is 3.97. The number of nitrogens with one attached hydrogen (secondary N) is 1. The Morgan fingerprint density at radius 1 is 1.77 bits per heavy atom. The summed E-state index contributed by atoms with van der Waals surface area (Å²) < 4.78 is 0. The van der Waals surface area contributed by atoms with Crippen molar-refractivity contribution in [2.24, 2.45) is 0 Å². The maximum absolute atomic E-state index is 6.15. The van der Waals surface area contributed by atoms with E-state index in [0.717, 1.165) is 17.0 Å². The predicted octanol–water partition coefficient (Wildman–Crippen LogP) is 3.55. The van der Waals surface area contributed by atoms with Gasteiger partial charge in [0.2, 0.25) is 0 Å². The standard InChI is InChI=1S/C10H14ClNS/c1-4-5-8(12-3)10-9(11)7(2)6-13-10/h4,6,8,12H,1,5H2,2-3H3. The third-order valence-corrected chi connectivity index (χ3v) is 3.82. The van der Waals surface area contributed by atoms with Crippen LogP contribution >= 0.6 is 22.9 Å². The zero-order valence-electron chi connectivity index (χ0n) is 7.93. The van der Waals surface area contributed by atoms with E-state index in [-0.39, 0.29) is 0 Å². The number of thiophene rings is 1. The van der Waals surface area contributed by atoms with Crippen molar-refractivity contribution in [2.45, 2.75) is 19.4 Å². The van der Waals surface area contributed by atoms with Gasteiger partial charge in [0.1, 0.15) is 0 Å². The van der Waals surface area contributed by atoms with Crippen LogP contribution in [0.5, 0.6) is 0 Å². The van der Waals surface area contributed by atoms with E-state index >= 15 is 0 Å². The average Bonchev–Trinajstić information content (AvgIpc) is 2.45. The van der Waals surface area contributed by atoms with Crippen LogP contribution in [0.1, 0.15) is 22.9 Å². The molecule has 72 valence electrons. The fraction of sp³-hybridized carbons (Fsp3) is 0.400. The molecule has 0 aliphatic heterocycles. The van der Waals surface area contributed by atoms with Gasteiger partial charge in [0.25, 0.3) is 0 Å². The Morgan fingerprint density at radius 2 is 2.46 bits per heavy atom. The highest BCUT2D eigenvalue weighted by molar-refractivity contribution is 7.10. The van der Waals surface area contributed by atoms with Crippen LogP contribution in [0, 0.1) is 6.92 Å². The van der Waals surface area contributed by atoms with Crippen LogP contribution in [0.3, 0.4) is 0 Å². The third-order valence-electron chi connectivity index (χ3n) is 1.99. The van der Waals surface area contributed by atoms with Crippen molar-refractivity contribution >= 4 is 22.9 Å². The number of hydrogen-bond donors (Lipinski definition) is 1. The first kappa shape index (κ1) is 10.8. The molecule has 3 heteroatoms. The van der Waals surface area contributed by atoms with Crippen molar-refractivity contribution in [3.05, 3.63) is 33.5 Å². The highest BCUT2D eigenvalue weighted by Gasteiger charge is 2.14. The average molecular weight is 216 g/mol. The Hall–Kier alpha value is -0.310. The summed E-state index contributed by atoms with van der Waals surface area (Å²) in [6.07, 6.45) is 2.82. The van der Waals surface area contributed by atoms with Crippen molar-refractivity contribution in [1.82, 2.24) is 5.32 Å². The van der Waals surface area contributed by atoms with E-state index in [1.54, 1.807) is 11.3 Å². The quantitative estimate of drug-likeness (QED) is 0.758. The van der Waals surface area contributed by atoms with Gasteiger partial charge in [-0.1, -0.05) is 17.7 Å². The van der Waals surface area contributed by atoms with E-state index < -0.39 is 0 Å². The number of aryl methyl sites for hydroxylation is 1. The maximum atomic E-state index is 6.15. The molecule has 13 heavy (non-hydrogen) atoms. The molecule has 0 aliphatic carbocycles. The Labute approximate surface area is 88.4 Å². The van der Waals surface area contributed by atoms with Gasteiger partial charge < -0.3 is 5.32 Å². The second-order valence-electron chi connectivity index (χ2n) is 2.96. The molecular formula is C10H14ClNS. The smallest absolute Gasteiger partial charge is 0.0590 e. The molecular weight excluding hydrogens is 202 g/mol. The van der Waals surface area contributed by atoms with Gasteiger partial charge in [-0.2, -0.15) is 0 Å². The summed E-state index contributed by atoms with van der Waals surface area (Å²) in [4.78, 5) is 1.21. The molecule has 1 aromatic heterocycles. The number of rotatable bonds is 4. The fourth-order valence-electron chi connectivity index (χ4n) is 1.21. The van der Waals surface area contributed by atoms with Crippen LogP contribution in [0.15, 0.2) is 18.0 Å². The molecule has 0 amide bonds. The van der Waals surface area contributed by atoms with Gasteiger partial charge in [0, 0.05) is 10.9 Å². The summed E-state index contributed by atoms with van der Waals surface area (Å²) in [6, 6.07) is 0.309. The lowest BCUT2D eigenvalue weighted by atomic mass is 10.1. The van der Waals surface area contributed by atoms with Crippen LogP contribution in [0.2, 0.25) is 5.02 Å². The first-order valence-corrected chi connectivity index (χ1v) is 5.48. The number of hydrogen-bond acceptors (Lipinski definition) is 2. The SMILES string of the molecule is C=CCC(NC)c1scc(C)c1Cl. The normalized spacial score (nSPS) is 12.8. The molecule has 1 nitrogen and oxygen atoms in total. The zero-order valence-corrected chi connectivity index (χ0v) is 9.50. The summed E-state index contributed by atoms with van der Waals surface area (Å²) in [5, 5.41) is 6.21. The van der Waals surface area contributed by atoms with E-state index in [0.29, 0.717) is 6.04 Å². The van der Waals surface area contributed by atoms with Crippen molar-refractivity contribution in [2.75, 3.05) is 7.05 Å². The zero-order chi connectivity index (χ0) is 9.84. The second kappa shape index (κ2) is 4.80. The molecule has 0 fully saturated rings. The van der Waals surface area contributed by atoms with Crippen LogP contribution in [-0.2, 0) is 0 Å². The molecule has 0 spiro atoms. The maximum Gasteiger partial charge on any atom is 0.0590 e. The minimum Gasteiger partial charge on any atom is -0.312 e. The first-order chi connectivity index (χ1) is 6.20. The van der Waals surface area contributed by atoms with Gasteiger partial charge in [-0.3, -0.25) is 0 Å². The highest BCUT2D eigenvalue weighted by atomic mass is 35.5. The largest absolute Gasteiger partial charge is 0.312 e. The molecule has 0 aliphatic rings. The fourth-order valence-corrected chi connectivity index (χ4v) is 2.66. The molecule has 1 N–H and O–H groups in total. The summed E-state index contributed by atoms with van der Waals surface area (Å²) in [5.41, 5.74) is 1.16. The molecule has 1 rings (SSSR count). The van der Waals surface area contributed by atoms with Crippen molar-refractivity contribution in [1.29, 1.82) is 0 Å². The van der Waals surface area contributed by atoms with E-state index in [2.05, 4.69) is 17.3 Å². The Balaban J connectivity index is 2.90. The Bertz CT molecular complexity index is 293. The van der Waals surface area contributed by atoms with Crippen molar-refractivity contribution in [3.8, 4) is 0 Å². The molecule has 0 saturated heterocycles. The van der Waals surface area contributed by atoms with Gasteiger partial charge in [-0.15, -0.1) is 17.9 Å². The van der Waals surface area contributed by atoms with Gasteiger partial charge >= 0.3 is 0 Å². The van der Waals surface area contributed by atoms with Crippen LogP contribution in [0.25, 0.3) is 0 Å². The van der Waals surface area contributed by atoms with Crippen molar-refractivity contribution < 1.29 is 0 Å². The van der Waals surface area contributed by atoms with Gasteiger partial charge in [0.05, 0.1) is 5.02 Å². The van der Waals surface area contributed by atoms with Gasteiger partial charge in [-0.25, -0.2) is 0 Å². The van der Waals surface area contributed by atoms with E-state index in [9.17, 15) is 0 Å². The summed E-state index contributed by atoms with van der Waals surface area (Å²) in [7, 11) is 1.94. The summed E-state index contributed by atoms with van der Waals surface area (Å²) in [5.74, 6) is 0. The molecule has 1 heterocycles. The van der Waals surface area contributed by atoms with Crippen LogP contribution < -0.4 is 5.32 Å². The lowest BCUT2D eigenvalue weighted by molar-refractivity contribution is 0.614. The third kappa shape index (κ3) is 2.33. The number of halogens is 1. The lowest BCUT2D eigenvalue weighted by Crippen LogP contribution is -2.14. The van der Waals surface area contributed by atoms with Gasteiger partial charge in [0.15, 0.2) is 0 Å².